The maximum Gasteiger partial charge on any atom is 0.253 e. The van der Waals surface area contributed by atoms with Crippen molar-refractivity contribution in [2.75, 3.05) is 20.1 Å². The van der Waals surface area contributed by atoms with Crippen LogP contribution in [0.3, 0.4) is 0 Å². The number of amides is 6. The predicted octanol–water partition coefficient (Wildman–Crippen LogP) is 0.406. The van der Waals surface area contributed by atoms with Gasteiger partial charge < -0.3 is 49.1 Å². The van der Waals surface area contributed by atoms with Crippen molar-refractivity contribution < 1.29 is 38.4 Å². The molecular weight excluding hydrogens is 823 g/mol. The molecule has 0 spiro atoms. The Labute approximate surface area is 378 Å². The first kappa shape index (κ1) is 54.9. The summed E-state index contributed by atoms with van der Waals surface area (Å²) in [5, 5.41) is 18.0. The van der Waals surface area contributed by atoms with E-state index in [0.29, 0.717) is 36.3 Å². The molecule has 64 heavy (non-hydrogen) atoms. The van der Waals surface area contributed by atoms with Gasteiger partial charge in [-0.05, 0) is 83.2 Å². The van der Waals surface area contributed by atoms with E-state index in [-0.39, 0.29) is 56.4 Å². The van der Waals surface area contributed by atoms with Gasteiger partial charge in [-0.1, -0.05) is 82.7 Å². The number of hydrogen-bond donors (Lipinski definition) is 9. The lowest BCUT2D eigenvalue weighted by Gasteiger charge is -2.41. The Balaban J connectivity index is 2.47. The van der Waals surface area contributed by atoms with E-state index in [1.54, 1.807) is 36.6 Å². The number of likely N-dealkylation sites (N-methyl/N-ethyl adjacent to an activating group) is 1. The van der Waals surface area contributed by atoms with Crippen molar-refractivity contribution in [3.63, 3.8) is 0 Å². The van der Waals surface area contributed by atoms with Crippen molar-refractivity contribution >= 4 is 53.5 Å². The summed E-state index contributed by atoms with van der Waals surface area (Å²) in [4.78, 5) is 113. The number of nitrogens with zero attached hydrogens (tertiary/aromatic N) is 2. The number of ketones is 1. The first-order valence-corrected chi connectivity index (χ1v) is 22.5. The van der Waals surface area contributed by atoms with E-state index in [9.17, 15) is 38.4 Å². The van der Waals surface area contributed by atoms with Gasteiger partial charge in [0.25, 0.3) is 5.91 Å². The zero-order chi connectivity index (χ0) is 48.1. The lowest BCUT2D eigenvalue weighted by molar-refractivity contribution is -0.160. The Morgan fingerprint density at radius 2 is 1.41 bits per heavy atom. The molecule has 19 heteroatoms. The molecule has 2 rings (SSSR count). The highest BCUT2D eigenvalue weighted by atomic mass is 16.2. The van der Waals surface area contributed by atoms with Gasteiger partial charge in [0, 0.05) is 20.0 Å². The van der Waals surface area contributed by atoms with Crippen LogP contribution >= 0.6 is 0 Å². The van der Waals surface area contributed by atoms with E-state index in [4.69, 9.17) is 28.3 Å². The second-order valence-electron chi connectivity index (χ2n) is 17.5. The third-order valence-corrected chi connectivity index (χ3v) is 11.7. The van der Waals surface area contributed by atoms with Crippen molar-refractivity contribution in [2.45, 2.75) is 160 Å². The van der Waals surface area contributed by atoms with E-state index >= 15 is 0 Å². The maximum atomic E-state index is 15.0. The predicted molar refractivity (Wildman–Crippen MR) is 243 cm³/mol. The van der Waals surface area contributed by atoms with E-state index in [2.05, 4.69) is 21.3 Å². The Morgan fingerprint density at radius 3 is 1.97 bits per heavy atom. The van der Waals surface area contributed by atoms with Gasteiger partial charge in [0.1, 0.15) is 24.2 Å². The van der Waals surface area contributed by atoms with Crippen LogP contribution in [-0.2, 0) is 44.8 Å². The number of nitrogens with two attached hydrogens (primary N) is 4. The minimum atomic E-state index is -2.49. The molecular formula is C45H74N11O8. The molecule has 1 aliphatic carbocycles. The monoisotopic (exact) mass is 897 g/mol. The molecule has 19 nitrogen and oxygen atoms in total. The second kappa shape index (κ2) is 27.1. The Hall–Kier alpha value is -5.27. The summed E-state index contributed by atoms with van der Waals surface area (Å²) in [6.07, 6.45) is 7.66. The highest BCUT2D eigenvalue weighted by molar-refractivity contribution is 6.14. The average Bonchev–Trinajstić information content (AvgIpc) is 3.26. The number of nitrogens with one attached hydrogen (secondary N) is 5. The van der Waals surface area contributed by atoms with E-state index in [1.165, 1.54) is 27.8 Å². The Bertz CT molecular complexity index is 1740. The molecule has 357 valence electrons. The molecule has 1 saturated carbocycles. The number of guanidine groups is 1. The molecule has 0 aromatic heterocycles. The minimum absolute atomic E-state index is 0.00143. The Morgan fingerprint density at radius 1 is 0.812 bits per heavy atom. The van der Waals surface area contributed by atoms with E-state index in [1.807, 2.05) is 13.8 Å². The van der Waals surface area contributed by atoms with Crippen LogP contribution in [0.2, 0.25) is 0 Å². The van der Waals surface area contributed by atoms with Gasteiger partial charge in [0.15, 0.2) is 17.3 Å². The van der Waals surface area contributed by atoms with E-state index in [0.717, 1.165) is 37.0 Å². The van der Waals surface area contributed by atoms with Crippen molar-refractivity contribution in [1.29, 1.82) is 5.41 Å². The highest BCUT2D eigenvalue weighted by Gasteiger charge is 2.52. The number of imide groups is 1. The molecule has 0 heterocycles. The molecule has 1 radical (unpaired) electrons. The summed E-state index contributed by atoms with van der Waals surface area (Å²) >= 11 is 0. The van der Waals surface area contributed by atoms with Gasteiger partial charge in [-0.25, -0.2) is 0 Å². The van der Waals surface area contributed by atoms with Crippen LogP contribution < -0.4 is 44.2 Å². The normalized spacial score (nSPS) is 16.7. The minimum Gasteiger partial charge on any atom is -0.370 e. The summed E-state index contributed by atoms with van der Waals surface area (Å²) in [7, 11) is 1.31. The number of hydrogen-bond acceptors (Lipinski definition) is 12. The first-order valence-electron chi connectivity index (χ1n) is 22.5. The zero-order valence-electron chi connectivity index (χ0n) is 38.6. The van der Waals surface area contributed by atoms with Gasteiger partial charge >= 0.3 is 0 Å². The first-order chi connectivity index (χ1) is 30.2. The number of carbonyl (C=O) groups is 7. The molecule has 1 aliphatic rings. The number of benzene rings is 1. The quantitative estimate of drug-likeness (QED) is 0.0250. The smallest absolute Gasteiger partial charge is 0.253 e. The average molecular weight is 897 g/mol. The van der Waals surface area contributed by atoms with Crippen LogP contribution in [0.5, 0.6) is 0 Å². The molecule has 1 fully saturated rings. The van der Waals surface area contributed by atoms with Crippen molar-refractivity contribution in [1.82, 2.24) is 31.1 Å². The molecule has 0 bridgehead atoms. The fraction of sp³-hybridized carbons (Fsp3) is 0.667. The molecule has 0 aliphatic heterocycles. The summed E-state index contributed by atoms with van der Waals surface area (Å²) < 4.78 is 0. The summed E-state index contributed by atoms with van der Waals surface area (Å²) in [5.41, 5.74) is 21.6. The van der Waals surface area contributed by atoms with Gasteiger partial charge in [0.2, 0.25) is 35.8 Å². The largest absolute Gasteiger partial charge is 0.370 e. The summed E-state index contributed by atoms with van der Waals surface area (Å²) in [5.74, 6) is -5.95. The van der Waals surface area contributed by atoms with Gasteiger partial charge in [-0.3, -0.25) is 48.7 Å². The molecule has 7 atom stereocenters. The SMILES string of the molecule is CC(C)C[C@H](NC(=O)[C@H](C)NC(=O)[C@H](C)NC(=O)[C@@H](N)CCCCN)C(=O)N(C)[C@@H](C)C(=O)N(C(=O)[C@@H](N)CC1CCCCC1)[C@]([C]=O)(CCCNC(=N)N)C(=O)Cc1ccccc1. The van der Waals surface area contributed by atoms with Gasteiger partial charge in [-0.15, -0.1) is 0 Å². The highest BCUT2D eigenvalue weighted by Crippen LogP contribution is 2.30. The van der Waals surface area contributed by atoms with Crippen LogP contribution in [0.25, 0.3) is 0 Å². The molecule has 1 aromatic rings. The van der Waals surface area contributed by atoms with Crippen LogP contribution in [-0.4, -0.2) is 125 Å². The zero-order valence-corrected chi connectivity index (χ0v) is 38.6. The lowest BCUT2D eigenvalue weighted by Crippen LogP contribution is -2.67. The topological polar surface area (TPSA) is 319 Å². The van der Waals surface area contributed by atoms with Crippen molar-refractivity contribution in [2.24, 2.45) is 34.8 Å². The molecule has 13 N–H and O–H groups in total. The lowest BCUT2D eigenvalue weighted by atomic mass is 9.82. The van der Waals surface area contributed by atoms with Crippen molar-refractivity contribution in [3.05, 3.63) is 35.9 Å². The van der Waals surface area contributed by atoms with Gasteiger partial charge in [0.05, 0.1) is 12.1 Å². The van der Waals surface area contributed by atoms with E-state index < -0.39 is 83.0 Å². The van der Waals surface area contributed by atoms with Crippen LogP contribution in [0.1, 0.15) is 117 Å². The summed E-state index contributed by atoms with van der Waals surface area (Å²) in [6, 6.07) is 1.42. The molecule has 6 amide bonds. The second-order valence-corrected chi connectivity index (χ2v) is 17.5. The number of rotatable bonds is 27. The van der Waals surface area contributed by atoms with Crippen LogP contribution in [0.15, 0.2) is 30.3 Å². The molecule has 1 aromatic carbocycles. The Kier molecular flexibility index (Phi) is 23.3. The van der Waals surface area contributed by atoms with Gasteiger partial charge in [-0.2, -0.15) is 0 Å². The fourth-order valence-electron chi connectivity index (χ4n) is 7.77. The number of carbonyl (C=O) groups excluding carboxylic acids is 8. The van der Waals surface area contributed by atoms with Crippen LogP contribution in [0.4, 0.5) is 0 Å². The molecule has 0 saturated heterocycles. The number of Topliss-reactive ketones (excluding diaryl/α,β-unsaturated/α-hetero) is 1. The number of unbranched alkanes of at least 4 members (excludes halogenated alkanes) is 1. The third kappa shape index (κ3) is 16.7. The maximum absolute atomic E-state index is 15.0. The summed E-state index contributed by atoms with van der Waals surface area (Å²) in [6.45, 7) is 8.30. The molecule has 0 unspecified atom stereocenters. The van der Waals surface area contributed by atoms with Crippen LogP contribution in [0, 0.1) is 17.2 Å². The fourth-order valence-corrected chi connectivity index (χ4v) is 7.77. The van der Waals surface area contributed by atoms with Crippen molar-refractivity contribution in [3.8, 4) is 0 Å². The third-order valence-electron chi connectivity index (χ3n) is 11.7. The standard InChI is InChI=1S/C45H74N11O8/c1-28(2)24-36(54-39(60)30(4)52-38(59)29(3)53-40(61)34(47)20-13-14-22-46)43(64)55(6)31(5)41(62)56(42(63)35(48)25-32-16-9-7-10-17-32)45(27-57,21-15-23-51-44(49)50)37(58)26-33-18-11-8-12-19-33/h8,11-12,18-19,28-32,34-36H,7,9-10,13-17,20-26,46-48H2,1-6H3,(H,52,59)(H,53,61)(H,54,60)(H4,49,50,51)/t29-,30-,31-,34-,35-,36-,45-/m0/s1.